The first-order valence-electron chi connectivity index (χ1n) is 13.4. The minimum atomic E-state index is -2.33. The maximum atomic E-state index is 6.09. The Morgan fingerprint density at radius 3 is 2.10 bits per heavy atom. The number of hydrogen-bond acceptors (Lipinski definition) is 2. The number of allylic oxidation sites excluding steroid dienone is 3. The molecule has 1 heterocycles. The molecule has 0 fully saturated rings. The molecule has 2 nitrogen and oxygen atoms in total. The van der Waals surface area contributed by atoms with Crippen LogP contribution < -0.4 is 0 Å². The van der Waals surface area contributed by atoms with Gasteiger partial charge in [-0.2, -0.15) is 0 Å². The Morgan fingerprint density at radius 1 is 1.03 bits per heavy atom. The summed E-state index contributed by atoms with van der Waals surface area (Å²) in [7, 11) is 0. The zero-order valence-corrected chi connectivity index (χ0v) is 24.5. The van der Waals surface area contributed by atoms with E-state index in [4.69, 9.17) is 9.73 Å². The fraction of sp³-hybridized carbons (Fsp3) is 0.821. The van der Waals surface area contributed by atoms with Crippen LogP contribution in [0.25, 0.3) is 0 Å². The van der Waals surface area contributed by atoms with Crippen LogP contribution in [-0.4, -0.2) is 36.4 Å². The van der Waals surface area contributed by atoms with E-state index >= 15 is 0 Å². The van der Waals surface area contributed by atoms with Crippen LogP contribution in [0.2, 0.25) is 13.3 Å². The van der Waals surface area contributed by atoms with Gasteiger partial charge in [-0.15, -0.1) is 0 Å². The SMILES string of the molecule is CCC[CH2][Sn]([CH2]CCC)([CH2]CCC)[C]1=C(C)[C@H]2CC=C(C3=NC(C)(C)CO3)[C@H](C)[C@H]2C1. The quantitative estimate of drug-likeness (QED) is 0.244. The van der Waals surface area contributed by atoms with Crippen molar-refractivity contribution >= 4 is 24.3 Å². The molecule has 31 heavy (non-hydrogen) atoms. The van der Waals surface area contributed by atoms with Gasteiger partial charge in [0.1, 0.15) is 0 Å². The molecular weight excluding hydrogens is 485 g/mol. The predicted octanol–water partition coefficient (Wildman–Crippen LogP) is 8.50. The second-order valence-electron chi connectivity index (χ2n) is 11.4. The third-order valence-electron chi connectivity index (χ3n) is 8.59. The molecule has 0 unspecified atom stereocenters. The van der Waals surface area contributed by atoms with E-state index in [0.29, 0.717) is 5.92 Å². The molecule has 0 N–H and O–H groups in total. The van der Waals surface area contributed by atoms with E-state index in [0.717, 1.165) is 24.3 Å². The molecule has 2 aliphatic carbocycles. The Hall–Kier alpha value is -0.251. The standard InChI is InChI=1S/C16H22NO.3C4H9.Sn/c1-10-5-6-13-11(2)14(8-7-12(10)13)15-17-16(3,4)9-18-15;3*1-3-4-2;/h8,11-13H,6-7,9H2,1-4H3;3*1,3-4H2,2H3;/t11-,12-,13-;;;;/m1..../s1. The number of unbranched alkanes of at least 4 members (excludes halogenated alkanes) is 3. The summed E-state index contributed by atoms with van der Waals surface area (Å²) in [6.45, 7) is 17.3. The molecule has 0 bridgehead atoms. The Kier molecular flexibility index (Phi) is 8.83. The van der Waals surface area contributed by atoms with E-state index in [9.17, 15) is 0 Å². The van der Waals surface area contributed by atoms with Crippen LogP contribution in [-0.2, 0) is 4.74 Å². The van der Waals surface area contributed by atoms with Crippen LogP contribution in [0.1, 0.15) is 99.8 Å². The van der Waals surface area contributed by atoms with Gasteiger partial charge in [0, 0.05) is 0 Å². The maximum absolute atomic E-state index is 6.09. The van der Waals surface area contributed by atoms with Crippen molar-refractivity contribution in [1.29, 1.82) is 0 Å². The predicted molar refractivity (Wildman–Crippen MR) is 139 cm³/mol. The number of rotatable bonds is 11. The van der Waals surface area contributed by atoms with Crippen molar-refractivity contribution in [2.45, 2.75) is 119 Å². The number of ether oxygens (including phenoxy) is 1. The fourth-order valence-corrected chi connectivity index (χ4v) is 25.0. The molecule has 0 amide bonds. The molecule has 0 aromatic heterocycles. The van der Waals surface area contributed by atoms with Crippen molar-refractivity contribution in [3.8, 4) is 0 Å². The molecule has 1 aliphatic heterocycles. The van der Waals surface area contributed by atoms with Crippen LogP contribution in [0.3, 0.4) is 0 Å². The molecule has 3 aliphatic rings. The van der Waals surface area contributed by atoms with Crippen LogP contribution in [0.15, 0.2) is 25.8 Å². The fourth-order valence-electron chi connectivity index (χ4n) is 6.65. The first-order chi connectivity index (χ1) is 14.8. The average Bonchev–Trinajstić information content (AvgIpc) is 3.28. The van der Waals surface area contributed by atoms with Gasteiger partial charge in [0.2, 0.25) is 0 Å². The first kappa shape index (κ1) is 25.4. The molecule has 3 heteroatoms. The van der Waals surface area contributed by atoms with Gasteiger partial charge in [0.25, 0.3) is 0 Å². The van der Waals surface area contributed by atoms with Crippen molar-refractivity contribution in [3.05, 3.63) is 20.8 Å². The van der Waals surface area contributed by atoms with Gasteiger partial charge in [-0.3, -0.25) is 0 Å². The molecule has 176 valence electrons. The Labute approximate surface area is 197 Å². The minimum absolute atomic E-state index is 0.0617. The van der Waals surface area contributed by atoms with Crippen LogP contribution in [0.5, 0.6) is 0 Å². The van der Waals surface area contributed by atoms with Crippen molar-refractivity contribution in [2.24, 2.45) is 22.7 Å². The number of hydrogen-bond donors (Lipinski definition) is 0. The zero-order chi connectivity index (χ0) is 22.6. The zero-order valence-electron chi connectivity index (χ0n) is 21.7. The summed E-state index contributed by atoms with van der Waals surface area (Å²) in [6, 6.07) is 0. The molecule has 3 atom stereocenters. The summed E-state index contributed by atoms with van der Waals surface area (Å²) in [6.07, 6.45) is 13.6. The average molecular weight is 534 g/mol. The summed E-state index contributed by atoms with van der Waals surface area (Å²) in [5.41, 5.74) is 3.20. The van der Waals surface area contributed by atoms with E-state index in [1.165, 1.54) is 56.9 Å². The summed E-state index contributed by atoms with van der Waals surface area (Å²) < 4.78 is 13.0. The Balaban J connectivity index is 1.87. The molecule has 0 aromatic carbocycles. The number of nitrogens with zero attached hydrogens (tertiary/aromatic N) is 1. The molecule has 0 spiro atoms. The molecule has 0 radical (unpaired) electrons. The van der Waals surface area contributed by atoms with Crippen LogP contribution >= 0.6 is 0 Å². The summed E-state index contributed by atoms with van der Waals surface area (Å²) >= 11 is -2.33. The van der Waals surface area contributed by atoms with Crippen LogP contribution in [0, 0.1) is 17.8 Å². The third-order valence-corrected chi connectivity index (χ3v) is 25.2. The van der Waals surface area contributed by atoms with E-state index in [-0.39, 0.29) is 5.54 Å². The second-order valence-corrected chi connectivity index (χ2v) is 24.7. The summed E-state index contributed by atoms with van der Waals surface area (Å²) in [5.74, 6) is 3.10. The van der Waals surface area contributed by atoms with Crippen molar-refractivity contribution in [3.63, 3.8) is 0 Å². The number of aliphatic imine (C=N–C) groups is 1. The molecular formula is C28H49NOSn. The van der Waals surface area contributed by atoms with Crippen LogP contribution in [0.4, 0.5) is 0 Å². The Bertz CT molecular complexity index is 695. The van der Waals surface area contributed by atoms with Crippen molar-refractivity contribution in [1.82, 2.24) is 0 Å². The third kappa shape index (κ3) is 5.46. The van der Waals surface area contributed by atoms with Gasteiger partial charge in [-0.25, -0.2) is 0 Å². The summed E-state index contributed by atoms with van der Waals surface area (Å²) in [5, 5.41) is 0. The number of fused-ring (bicyclic) bond motifs is 1. The van der Waals surface area contributed by atoms with E-state index < -0.39 is 18.4 Å². The molecule has 0 aromatic rings. The van der Waals surface area contributed by atoms with E-state index in [2.05, 4.69) is 58.1 Å². The Morgan fingerprint density at radius 2 is 1.61 bits per heavy atom. The van der Waals surface area contributed by atoms with E-state index in [1.807, 2.05) is 5.57 Å². The normalized spacial score (nSPS) is 27.8. The van der Waals surface area contributed by atoms with Gasteiger partial charge >= 0.3 is 198 Å². The second kappa shape index (κ2) is 10.8. The van der Waals surface area contributed by atoms with Gasteiger partial charge in [0.05, 0.1) is 0 Å². The van der Waals surface area contributed by atoms with Crippen molar-refractivity contribution < 1.29 is 4.74 Å². The molecule has 0 saturated carbocycles. The molecule has 3 rings (SSSR count). The van der Waals surface area contributed by atoms with Gasteiger partial charge in [0.15, 0.2) is 0 Å². The first-order valence-corrected chi connectivity index (χ1v) is 20.9. The monoisotopic (exact) mass is 535 g/mol. The topological polar surface area (TPSA) is 21.6 Å². The summed E-state index contributed by atoms with van der Waals surface area (Å²) in [4.78, 5) is 4.94. The van der Waals surface area contributed by atoms with Crippen molar-refractivity contribution in [2.75, 3.05) is 6.61 Å². The van der Waals surface area contributed by atoms with E-state index in [1.54, 1.807) is 13.3 Å². The molecule has 0 saturated heterocycles. The van der Waals surface area contributed by atoms with Gasteiger partial charge < -0.3 is 0 Å². The van der Waals surface area contributed by atoms with Gasteiger partial charge in [-0.05, 0) is 0 Å². The van der Waals surface area contributed by atoms with Gasteiger partial charge in [-0.1, -0.05) is 0 Å².